The van der Waals surface area contributed by atoms with Gasteiger partial charge in [0.05, 0.1) is 0 Å². The molecule has 1 aliphatic heterocycles. The zero-order valence-electron chi connectivity index (χ0n) is 41.7. The number of hydrogen-bond donors (Lipinski definition) is 0. The maximum absolute atomic E-state index is 12.2. The van der Waals surface area contributed by atoms with Gasteiger partial charge in [-0.15, -0.1) is 0 Å². The molecule has 0 aromatic heterocycles. The van der Waals surface area contributed by atoms with Crippen LogP contribution in [0.5, 0.6) is 0 Å². The van der Waals surface area contributed by atoms with Gasteiger partial charge in [0.25, 0.3) is 0 Å². The van der Waals surface area contributed by atoms with Crippen LogP contribution >= 0.6 is 0 Å². The molecular weight excluding hydrogens is 795 g/mol. The molecule has 0 bridgehead atoms. The van der Waals surface area contributed by atoms with Gasteiger partial charge in [0, 0.05) is 22.8 Å². The van der Waals surface area contributed by atoms with E-state index in [0.717, 1.165) is 75.6 Å². The number of nitrogens with zero attached hydrogens (tertiary/aromatic N) is 2. The molecular formula is C59H96N2Ni. The Morgan fingerprint density at radius 1 is 0.403 bits per heavy atom. The molecule has 2 aromatic carbocycles. The Bertz CT molecular complexity index is 1490. The van der Waals surface area contributed by atoms with Crippen molar-refractivity contribution in [3.05, 3.63) is 112 Å². The molecule has 1 aliphatic rings. The van der Waals surface area contributed by atoms with Crippen LogP contribution in [0, 0.1) is 13.2 Å². The van der Waals surface area contributed by atoms with Gasteiger partial charge in [-0.1, -0.05) is 202 Å². The molecule has 0 saturated carbocycles. The van der Waals surface area contributed by atoms with Gasteiger partial charge in [-0.3, -0.25) is 12.2 Å². The van der Waals surface area contributed by atoms with Crippen LogP contribution in [-0.2, 0) is 42.2 Å². The molecule has 2 nitrogen and oxygen atoms in total. The monoisotopic (exact) mass is 891 g/mol. The normalized spacial score (nSPS) is 12.0. The molecule has 3 rings (SSSR count). The van der Waals surface area contributed by atoms with Gasteiger partial charge in [-0.05, 0) is 111 Å². The molecule has 0 radical (unpaired) electrons. The number of aryl methyl sites for hydroxylation is 4. The smallest absolute Gasteiger partial charge is 0.518 e. The fourth-order valence-electron chi connectivity index (χ4n) is 8.27. The Kier molecular flexibility index (Phi) is 39.5. The van der Waals surface area contributed by atoms with E-state index in [-0.39, 0.29) is 16.5 Å². The van der Waals surface area contributed by atoms with E-state index in [1.54, 1.807) is 16.8 Å². The molecule has 0 saturated heterocycles. The number of benzene rings is 2. The third-order valence-corrected chi connectivity index (χ3v) is 12.0. The summed E-state index contributed by atoms with van der Waals surface area (Å²) in [4.78, 5) is 0. The fraction of sp³-hybridized carbons (Fsp3) is 0.661. The molecule has 0 fully saturated rings. The van der Waals surface area contributed by atoms with Gasteiger partial charge in [0.15, 0.2) is 0 Å². The molecule has 0 aliphatic carbocycles. The molecule has 2 aromatic rings. The molecule has 0 unspecified atom stereocenters. The minimum atomic E-state index is 0. The molecule has 62 heavy (non-hydrogen) atoms. The topological polar surface area (TPSA) is 25.3 Å². The summed E-state index contributed by atoms with van der Waals surface area (Å²) in [5, 5.41) is 0. The van der Waals surface area contributed by atoms with Crippen LogP contribution in [0.2, 0.25) is 0 Å². The van der Waals surface area contributed by atoms with Crippen molar-refractivity contribution in [1.82, 2.24) is 0 Å². The number of hydrogen-bond acceptors (Lipinski definition) is 0. The summed E-state index contributed by atoms with van der Waals surface area (Å²) >= 11 is 0. The van der Waals surface area contributed by atoms with Crippen molar-refractivity contribution in [2.45, 2.75) is 254 Å². The maximum atomic E-state index is 12.2. The molecule has 352 valence electrons. The summed E-state index contributed by atoms with van der Waals surface area (Å²) in [5.74, 6) is 0. The van der Waals surface area contributed by atoms with Crippen molar-refractivity contribution in [3.63, 3.8) is 0 Å². The van der Waals surface area contributed by atoms with Crippen LogP contribution in [0.3, 0.4) is 0 Å². The Morgan fingerprint density at radius 3 is 1.05 bits per heavy atom. The van der Waals surface area contributed by atoms with E-state index in [9.17, 15) is 5.53 Å². The fourth-order valence-corrected chi connectivity index (χ4v) is 8.27. The SMILES string of the molecule is CCCCCCCCc1cc(CCCCCC)cc(C2=CC(CCCCC)=C(c3cc(CCCCCC)cc(CCCCCCCC)c3)[N+]2=[N-])c1.[CH-]=CCCC.[CH-]=CCCC.[Ni+2]. The van der Waals surface area contributed by atoms with Crippen molar-refractivity contribution >= 4 is 11.4 Å². The van der Waals surface area contributed by atoms with Gasteiger partial charge in [0.2, 0.25) is 11.4 Å². The van der Waals surface area contributed by atoms with Crippen molar-refractivity contribution in [1.29, 1.82) is 0 Å². The second-order valence-electron chi connectivity index (χ2n) is 18.0. The molecule has 0 N–H and O–H groups in total. The maximum Gasteiger partial charge on any atom is 2.00 e. The van der Waals surface area contributed by atoms with E-state index >= 15 is 0 Å². The predicted molar refractivity (Wildman–Crippen MR) is 273 cm³/mol. The second-order valence-corrected chi connectivity index (χ2v) is 18.0. The van der Waals surface area contributed by atoms with Crippen molar-refractivity contribution in [2.24, 2.45) is 0 Å². The molecule has 0 atom stereocenters. The summed E-state index contributed by atoms with van der Waals surface area (Å²) in [6, 6.07) is 14.6. The van der Waals surface area contributed by atoms with Gasteiger partial charge in [0.1, 0.15) is 0 Å². The average molecular weight is 892 g/mol. The minimum Gasteiger partial charge on any atom is -0.518 e. The quantitative estimate of drug-likeness (QED) is 0.0290. The summed E-state index contributed by atoms with van der Waals surface area (Å²) in [7, 11) is 0. The summed E-state index contributed by atoms with van der Waals surface area (Å²) < 4.78 is 1.59. The second kappa shape index (κ2) is 41.2. The Morgan fingerprint density at radius 2 is 0.710 bits per heavy atom. The van der Waals surface area contributed by atoms with Crippen LogP contribution in [0.15, 0.2) is 60.2 Å². The Hall–Kier alpha value is -2.51. The average Bonchev–Trinajstić information content (AvgIpc) is 3.60. The first-order valence-corrected chi connectivity index (χ1v) is 26.1. The van der Waals surface area contributed by atoms with E-state index in [2.05, 4.69) is 90.9 Å². The van der Waals surface area contributed by atoms with E-state index in [1.807, 2.05) is 0 Å². The molecule has 0 amide bonds. The van der Waals surface area contributed by atoms with Crippen LogP contribution in [0.1, 0.15) is 262 Å². The van der Waals surface area contributed by atoms with Crippen molar-refractivity contribution < 1.29 is 21.2 Å². The van der Waals surface area contributed by atoms with Crippen LogP contribution < -0.4 is 0 Å². The summed E-state index contributed by atoms with van der Waals surface area (Å²) in [5.41, 5.74) is 23.7. The zero-order chi connectivity index (χ0) is 44.8. The van der Waals surface area contributed by atoms with E-state index in [0.29, 0.717) is 0 Å². The van der Waals surface area contributed by atoms with Crippen LogP contribution in [0.4, 0.5) is 0 Å². The van der Waals surface area contributed by atoms with Gasteiger partial charge in [-0.25, -0.2) is 4.70 Å². The standard InChI is InChI=1S/C49H78N2.2C5H9.Ni/c1-6-11-16-20-22-27-31-42-34-41(29-25-18-13-8-3)36-46(37-42)48-40-45(33-24-15-10-5)49(51(48)50)47-38-43(30-26-19-14-9-4)35-44(39-47)32-28-23-21-17-12-7-2;2*1-3-5-4-2;/h34-40H,6-33H2,1-5H3;2*1,3H,4-5H2,2H3;/q;2*-1;+2. The third kappa shape index (κ3) is 27.0. The minimum absolute atomic E-state index is 0. The first kappa shape index (κ1) is 59.5. The van der Waals surface area contributed by atoms with Crippen molar-refractivity contribution in [2.75, 3.05) is 0 Å². The first-order valence-electron chi connectivity index (χ1n) is 26.1. The zero-order valence-corrected chi connectivity index (χ0v) is 42.7. The molecule has 1 heterocycles. The third-order valence-electron chi connectivity index (χ3n) is 12.0. The number of rotatable bonds is 34. The van der Waals surface area contributed by atoms with E-state index in [4.69, 9.17) is 13.2 Å². The Balaban J connectivity index is 0.00000302. The number of unbranched alkanes of at least 4 members (excludes halogenated alkanes) is 20. The number of allylic oxidation sites excluding steroid dienone is 4. The Labute approximate surface area is 396 Å². The largest absolute Gasteiger partial charge is 2.00 e. The van der Waals surface area contributed by atoms with Gasteiger partial charge in [-0.2, -0.15) is 0 Å². The van der Waals surface area contributed by atoms with E-state index < -0.39 is 0 Å². The molecule has 0 spiro atoms. The van der Waals surface area contributed by atoms with Crippen LogP contribution in [0.25, 0.3) is 16.9 Å². The summed E-state index contributed by atoms with van der Waals surface area (Å²) in [6.07, 6.45) is 45.4. The summed E-state index contributed by atoms with van der Waals surface area (Å²) in [6.45, 7) is 25.7. The van der Waals surface area contributed by atoms with Gasteiger partial charge >= 0.3 is 16.5 Å². The van der Waals surface area contributed by atoms with E-state index in [1.165, 1.54) is 180 Å². The van der Waals surface area contributed by atoms with Gasteiger partial charge < -0.3 is 18.7 Å². The van der Waals surface area contributed by atoms with Crippen molar-refractivity contribution in [3.8, 4) is 0 Å². The predicted octanol–water partition coefficient (Wildman–Crippen LogP) is 19.7. The first-order chi connectivity index (χ1) is 29.9. The van der Waals surface area contributed by atoms with Crippen LogP contribution in [-0.4, -0.2) is 4.70 Å². The molecule has 3 heteroatoms.